The fraction of sp³-hybridized carbons (Fsp3) is 0.353. The fourth-order valence-electron chi connectivity index (χ4n) is 2.53. The van der Waals surface area contributed by atoms with E-state index in [1.807, 2.05) is 26.0 Å². The number of methoxy groups -OCH3 is 1. The minimum Gasteiger partial charge on any atom is -0.473 e. The molecule has 2 aromatic heterocycles. The lowest BCUT2D eigenvalue weighted by molar-refractivity contribution is -0.115. The van der Waals surface area contributed by atoms with Gasteiger partial charge in [0.1, 0.15) is 0 Å². The van der Waals surface area contributed by atoms with Crippen LogP contribution in [0.1, 0.15) is 19.5 Å². The first-order chi connectivity index (χ1) is 11.9. The van der Waals surface area contributed by atoms with E-state index in [4.69, 9.17) is 4.74 Å². The zero-order valence-electron chi connectivity index (χ0n) is 14.3. The van der Waals surface area contributed by atoms with Gasteiger partial charge in [0.25, 0.3) is 10.8 Å². The summed E-state index contributed by atoms with van der Waals surface area (Å²) in [7, 11) is 1.58. The Labute approximate surface area is 148 Å². The van der Waals surface area contributed by atoms with Gasteiger partial charge in [0.15, 0.2) is 0 Å². The number of carbonyl (C=O) groups is 1. The summed E-state index contributed by atoms with van der Waals surface area (Å²) in [6.07, 6.45) is 0.115. The maximum absolute atomic E-state index is 12.2. The normalized spacial score (nSPS) is 11.2. The molecule has 0 aliphatic heterocycles. The first-order valence-electron chi connectivity index (χ1n) is 7.97. The first-order valence-corrected chi connectivity index (χ1v) is 8.79. The van der Waals surface area contributed by atoms with Crippen LogP contribution in [0.5, 0.6) is 5.19 Å². The number of fused-ring (bicyclic) bond motifs is 1. The minimum absolute atomic E-state index is 0.115. The molecular formula is C17H20N4O3S. The van der Waals surface area contributed by atoms with Gasteiger partial charge in [-0.05, 0) is 24.1 Å². The smallest absolute Gasteiger partial charge is 0.274 e. The Morgan fingerprint density at radius 1 is 1.40 bits per heavy atom. The van der Waals surface area contributed by atoms with Crippen LogP contribution < -0.4 is 15.6 Å². The van der Waals surface area contributed by atoms with Gasteiger partial charge < -0.3 is 10.1 Å². The number of amides is 1. The lowest BCUT2D eigenvalue weighted by Crippen LogP contribution is -2.19. The van der Waals surface area contributed by atoms with Crippen molar-refractivity contribution in [2.75, 3.05) is 12.4 Å². The summed E-state index contributed by atoms with van der Waals surface area (Å²) in [5, 5.41) is 6.42. The third kappa shape index (κ3) is 4.08. The predicted molar refractivity (Wildman–Crippen MR) is 98.4 cm³/mol. The van der Waals surface area contributed by atoms with Crippen molar-refractivity contribution >= 4 is 33.1 Å². The molecule has 8 heteroatoms. The van der Waals surface area contributed by atoms with E-state index in [2.05, 4.69) is 15.4 Å². The molecule has 0 aliphatic rings. The number of H-pyrrole nitrogens is 1. The summed E-state index contributed by atoms with van der Waals surface area (Å²) < 4.78 is 7.59. The zero-order chi connectivity index (χ0) is 18.0. The monoisotopic (exact) mass is 360 g/mol. The van der Waals surface area contributed by atoms with Crippen LogP contribution in [0.2, 0.25) is 0 Å². The van der Waals surface area contributed by atoms with Crippen molar-refractivity contribution in [1.29, 1.82) is 0 Å². The second-order valence-electron chi connectivity index (χ2n) is 6.22. The molecule has 0 spiro atoms. The van der Waals surface area contributed by atoms with Gasteiger partial charge in [-0.2, -0.15) is 0 Å². The second-order valence-corrected chi connectivity index (χ2v) is 7.21. The van der Waals surface area contributed by atoms with Gasteiger partial charge in [-0.1, -0.05) is 25.2 Å². The van der Waals surface area contributed by atoms with Gasteiger partial charge >= 0.3 is 0 Å². The highest BCUT2D eigenvalue weighted by molar-refractivity contribution is 7.20. The largest absolute Gasteiger partial charge is 0.473 e. The fourth-order valence-corrected chi connectivity index (χ4v) is 3.35. The van der Waals surface area contributed by atoms with Gasteiger partial charge in [-0.15, -0.1) is 0 Å². The molecule has 0 saturated heterocycles. The van der Waals surface area contributed by atoms with Crippen molar-refractivity contribution in [2.45, 2.75) is 26.8 Å². The van der Waals surface area contributed by atoms with E-state index in [0.29, 0.717) is 29.0 Å². The Kier molecular flexibility index (Phi) is 4.89. The average molecular weight is 360 g/mol. The molecule has 2 N–H and O–H groups in total. The number of benzene rings is 1. The van der Waals surface area contributed by atoms with E-state index < -0.39 is 0 Å². The van der Waals surface area contributed by atoms with Crippen LogP contribution in [-0.4, -0.2) is 27.8 Å². The number of ether oxygens (including phenoxy) is 1. The molecule has 132 valence electrons. The van der Waals surface area contributed by atoms with Gasteiger partial charge in [0.05, 0.1) is 23.7 Å². The van der Waals surface area contributed by atoms with Crippen molar-refractivity contribution in [2.24, 2.45) is 5.92 Å². The summed E-state index contributed by atoms with van der Waals surface area (Å²) in [5.74, 6) is 0.162. The van der Waals surface area contributed by atoms with Gasteiger partial charge in [0, 0.05) is 24.0 Å². The molecule has 3 aromatic rings. The summed E-state index contributed by atoms with van der Waals surface area (Å²) >= 11 is 1.42. The number of aromatic amines is 1. The third-order valence-electron chi connectivity index (χ3n) is 3.57. The van der Waals surface area contributed by atoms with E-state index in [1.165, 1.54) is 22.1 Å². The van der Waals surface area contributed by atoms with Crippen LogP contribution in [0, 0.1) is 5.92 Å². The Morgan fingerprint density at radius 2 is 2.20 bits per heavy atom. The number of thiazole rings is 1. The Hall–Kier alpha value is -2.61. The number of nitrogens with one attached hydrogen (secondary N) is 2. The molecule has 1 amide bonds. The molecule has 0 radical (unpaired) electrons. The van der Waals surface area contributed by atoms with Gasteiger partial charge in [-0.3, -0.25) is 19.4 Å². The number of nitrogens with zero attached hydrogens (tertiary/aromatic N) is 2. The van der Waals surface area contributed by atoms with Crippen molar-refractivity contribution < 1.29 is 9.53 Å². The number of hydrogen-bond acceptors (Lipinski definition) is 5. The SMILES string of the molecule is COc1nc2ccc(NC(=O)Cc3cc(=O)n(CC(C)C)[nH]3)cc2s1. The summed E-state index contributed by atoms with van der Waals surface area (Å²) in [6, 6.07) is 6.97. The standard InChI is InChI=1S/C17H20N4O3S/c1-10(2)9-21-16(23)8-12(20-21)7-15(22)18-11-4-5-13-14(6-11)25-17(19-13)24-3/h4-6,8,10,20H,7,9H2,1-3H3,(H,18,22). The molecule has 3 rings (SSSR count). The number of carbonyl (C=O) groups excluding carboxylic acids is 1. The summed E-state index contributed by atoms with van der Waals surface area (Å²) in [5.41, 5.74) is 2.00. The first kappa shape index (κ1) is 17.2. The molecule has 0 saturated carbocycles. The highest BCUT2D eigenvalue weighted by Gasteiger charge is 2.11. The number of rotatable bonds is 6. The van der Waals surface area contributed by atoms with Crippen LogP contribution in [0.3, 0.4) is 0 Å². The third-order valence-corrected chi connectivity index (χ3v) is 4.55. The van der Waals surface area contributed by atoms with Crippen molar-refractivity contribution in [3.05, 3.63) is 40.3 Å². The van der Waals surface area contributed by atoms with E-state index in [0.717, 1.165) is 10.2 Å². The Morgan fingerprint density at radius 3 is 2.92 bits per heavy atom. The minimum atomic E-state index is -0.186. The number of aromatic nitrogens is 3. The number of hydrogen-bond donors (Lipinski definition) is 2. The summed E-state index contributed by atoms with van der Waals surface area (Å²) in [4.78, 5) is 28.4. The van der Waals surface area contributed by atoms with Crippen LogP contribution in [0.4, 0.5) is 5.69 Å². The summed E-state index contributed by atoms with van der Waals surface area (Å²) in [6.45, 7) is 4.67. The highest BCUT2D eigenvalue weighted by atomic mass is 32.1. The van der Waals surface area contributed by atoms with Crippen LogP contribution in [0.15, 0.2) is 29.1 Å². The van der Waals surface area contributed by atoms with E-state index in [-0.39, 0.29) is 17.9 Å². The Balaban J connectivity index is 1.69. The molecule has 0 bridgehead atoms. The molecule has 25 heavy (non-hydrogen) atoms. The topological polar surface area (TPSA) is 89.0 Å². The molecule has 0 fully saturated rings. The van der Waals surface area contributed by atoms with E-state index >= 15 is 0 Å². The van der Waals surface area contributed by atoms with Gasteiger partial charge in [0.2, 0.25) is 5.91 Å². The van der Waals surface area contributed by atoms with Crippen molar-refractivity contribution in [3.63, 3.8) is 0 Å². The molecule has 0 atom stereocenters. The lowest BCUT2D eigenvalue weighted by Gasteiger charge is -2.06. The quantitative estimate of drug-likeness (QED) is 0.707. The molecule has 0 aliphatic carbocycles. The average Bonchev–Trinajstić information content (AvgIpc) is 3.09. The molecule has 0 unspecified atom stereocenters. The maximum Gasteiger partial charge on any atom is 0.274 e. The van der Waals surface area contributed by atoms with E-state index in [1.54, 1.807) is 13.2 Å². The van der Waals surface area contributed by atoms with Crippen molar-refractivity contribution in [3.8, 4) is 5.19 Å². The molecule has 2 heterocycles. The number of anilines is 1. The lowest BCUT2D eigenvalue weighted by atomic mass is 10.2. The zero-order valence-corrected chi connectivity index (χ0v) is 15.1. The maximum atomic E-state index is 12.2. The predicted octanol–water partition coefficient (Wildman–Crippen LogP) is 2.63. The van der Waals surface area contributed by atoms with Crippen LogP contribution in [0.25, 0.3) is 10.2 Å². The molecule has 7 nitrogen and oxygen atoms in total. The second kappa shape index (κ2) is 7.10. The van der Waals surface area contributed by atoms with Crippen LogP contribution >= 0.6 is 11.3 Å². The highest BCUT2D eigenvalue weighted by Crippen LogP contribution is 2.29. The van der Waals surface area contributed by atoms with Crippen molar-refractivity contribution in [1.82, 2.24) is 14.8 Å². The van der Waals surface area contributed by atoms with E-state index in [9.17, 15) is 9.59 Å². The van der Waals surface area contributed by atoms with Gasteiger partial charge in [-0.25, -0.2) is 4.98 Å². The molecule has 1 aromatic carbocycles. The van der Waals surface area contributed by atoms with Crippen LogP contribution in [-0.2, 0) is 17.8 Å². The molecular weight excluding hydrogens is 340 g/mol. The Bertz CT molecular complexity index is 954.